The molecule has 0 bridgehead atoms. The van der Waals surface area contributed by atoms with Gasteiger partial charge in [-0.1, -0.05) is 48.5 Å². The van der Waals surface area contributed by atoms with Gasteiger partial charge in [0.25, 0.3) is 0 Å². The first-order valence-electron chi connectivity index (χ1n) is 11.8. The Bertz CT molecular complexity index is 1240. The van der Waals surface area contributed by atoms with Crippen molar-refractivity contribution in [2.24, 2.45) is 5.73 Å². The number of amides is 3. The first-order chi connectivity index (χ1) is 17.7. The fourth-order valence-corrected chi connectivity index (χ4v) is 3.83. The lowest BCUT2D eigenvalue weighted by Crippen LogP contribution is -2.57. The average molecular weight is 510 g/mol. The molecule has 37 heavy (non-hydrogen) atoms. The number of nitrogens with two attached hydrogens (primary N) is 1. The van der Waals surface area contributed by atoms with Gasteiger partial charge in [0.05, 0.1) is 12.6 Å². The van der Waals surface area contributed by atoms with Crippen LogP contribution in [-0.4, -0.2) is 69.7 Å². The van der Waals surface area contributed by atoms with Crippen LogP contribution in [0.1, 0.15) is 18.1 Å². The summed E-state index contributed by atoms with van der Waals surface area (Å²) in [7, 11) is 0. The fourth-order valence-electron chi connectivity index (χ4n) is 3.83. The van der Waals surface area contributed by atoms with Crippen molar-refractivity contribution in [3.05, 3.63) is 71.9 Å². The van der Waals surface area contributed by atoms with Crippen LogP contribution in [0, 0.1) is 0 Å². The Hall–Kier alpha value is -4.22. The summed E-state index contributed by atoms with van der Waals surface area (Å²) in [6.07, 6.45) is 2.18. The molecule has 11 heteroatoms. The zero-order valence-corrected chi connectivity index (χ0v) is 20.3. The summed E-state index contributed by atoms with van der Waals surface area (Å²) < 4.78 is 0. The van der Waals surface area contributed by atoms with E-state index in [1.54, 1.807) is 30.5 Å². The Kier molecular flexibility index (Phi) is 9.36. The summed E-state index contributed by atoms with van der Waals surface area (Å²) in [5.74, 6) is -3.39. The Morgan fingerprint density at radius 3 is 2.19 bits per heavy atom. The molecule has 0 aliphatic heterocycles. The molecule has 0 saturated heterocycles. The van der Waals surface area contributed by atoms with Crippen molar-refractivity contribution >= 4 is 34.6 Å². The van der Waals surface area contributed by atoms with Gasteiger partial charge in [-0.3, -0.25) is 14.4 Å². The SMILES string of the molecule is CC(NC(=O)C(Cc1ccccc1)NC(=O)C(N)Cc1c[nH]c2ccccc12)C(=O)NC(CO)C(=O)O. The number of aliphatic hydroxyl groups is 1. The van der Waals surface area contributed by atoms with Crippen LogP contribution < -0.4 is 21.7 Å². The average Bonchev–Trinajstić information content (AvgIpc) is 3.29. The lowest BCUT2D eigenvalue weighted by Gasteiger charge is -2.23. The predicted molar refractivity (Wildman–Crippen MR) is 136 cm³/mol. The van der Waals surface area contributed by atoms with Gasteiger partial charge in [0, 0.05) is 23.5 Å². The van der Waals surface area contributed by atoms with Crippen molar-refractivity contribution in [1.82, 2.24) is 20.9 Å². The Morgan fingerprint density at radius 2 is 1.51 bits per heavy atom. The van der Waals surface area contributed by atoms with E-state index in [2.05, 4.69) is 20.9 Å². The third-order valence-electron chi connectivity index (χ3n) is 5.92. The van der Waals surface area contributed by atoms with Crippen molar-refractivity contribution in [2.75, 3.05) is 6.61 Å². The van der Waals surface area contributed by atoms with Gasteiger partial charge in [0.2, 0.25) is 17.7 Å². The first-order valence-corrected chi connectivity index (χ1v) is 11.8. The molecule has 0 spiro atoms. The van der Waals surface area contributed by atoms with E-state index in [4.69, 9.17) is 15.9 Å². The Morgan fingerprint density at radius 1 is 0.865 bits per heavy atom. The second-order valence-corrected chi connectivity index (χ2v) is 8.73. The van der Waals surface area contributed by atoms with E-state index in [0.29, 0.717) is 0 Å². The highest BCUT2D eigenvalue weighted by atomic mass is 16.4. The van der Waals surface area contributed by atoms with Gasteiger partial charge in [-0.2, -0.15) is 0 Å². The van der Waals surface area contributed by atoms with E-state index >= 15 is 0 Å². The quantitative estimate of drug-likeness (QED) is 0.177. The van der Waals surface area contributed by atoms with Gasteiger partial charge < -0.3 is 36.9 Å². The van der Waals surface area contributed by atoms with E-state index in [0.717, 1.165) is 22.0 Å². The number of H-pyrrole nitrogens is 1. The highest BCUT2D eigenvalue weighted by molar-refractivity contribution is 5.94. The molecule has 0 saturated carbocycles. The molecule has 3 rings (SSSR count). The van der Waals surface area contributed by atoms with Crippen LogP contribution in [0.4, 0.5) is 0 Å². The van der Waals surface area contributed by atoms with Crippen LogP contribution in [0.15, 0.2) is 60.8 Å². The monoisotopic (exact) mass is 509 g/mol. The third-order valence-corrected chi connectivity index (χ3v) is 5.92. The smallest absolute Gasteiger partial charge is 0.328 e. The van der Waals surface area contributed by atoms with Gasteiger partial charge in [-0.05, 0) is 30.5 Å². The number of carbonyl (C=O) groups excluding carboxylic acids is 3. The molecule has 0 aliphatic carbocycles. The maximum atomic E-state index is 13.1. The number of carbonyl (C=O) groups is 4. The van der Waals surface area contributed by atoms with Crippen molar-refractivity contribution in [1.29, 1.82) is 0 Å². The summed E-state index contributed by atoms with van der Waals surface area (Å²) in [5, 5.41) is 26.4. The number of nitrogens with one attached hydrogen (secondary N) is 4. The number of aromatic amines is 1. The number of carboxylic acids is 1. The highest BCUT2D eigenvalue weighted by Gasteiger charge is 2.28. The summed E-state index contributed by atoms with van der Waals surface area (Å²) >= 11 is 0. The number of aliphatic carboxylic acids is 1. The van der Waals surface area contributed by atoms with Crippen LogP contribution >= 0.6 is 0 Å². The minimum Gasteiger partial charge on any atom is -0.480 e. The first kappa shape index (κ1) is 27.4. The van der Waals surface area contributed by atoms with Gasteiger partial charge in [-0.15, -0.1) is 0 Å². The van der Waals surface area contributed by atoms with Gasteiger partial charge in [-0.25, -0.2) is 4.79 Å². The summed E-state index contributed by atoms with van der Waals surface area (Å²) in [6.45, 7) is 0.566. The van der Waals surface area contributed by atoms with E-state index in [1.807, 2.05) is 30.3 Å². The van der Waals surface area contributed by atoms with E-state index in [1.165, 1.54) is 6.92 Å². The normalized spacial score (nSPS) is 14.2. The highest BCUT2D eigenvalue weighted by Crippen LogP contribution is 2.18. The second kappa shape index (κ2) is 12.7. The number of para-hydroxylation sites is 1. The van der Waals surface area contributed by atoms with Crippen molar-refractivity contribution in [3.8, 4) is 0 Å². The van der Waals surface area contributed by atoms with Crippen molar-refractivity contribution in [2.45, 2.75) is 43.9 Å². The minimum atomic E-state index is -1.51. The second-order valence-electron chi connectivity index (χ2n) is 8.73. The molecule has 0 radical (unpaired) electrons. The molecule has 0 aliphatic rings. The van der Waals surface area contributed by atoms with Crippen LogP contribution in [0.25, 0.3) is 10.9 Å². The maximum Gasteiger partial charge on any atom is 0.328 e. The maximum absolute atomic E-state index is 13.1. The van der Waals surface area contributed by atoms with Crippen LogP contribution in [0.3, 0.4) is 0 Å². The standard InChI is InChI=1S/C26H31N5O6/c1-15(23(33)31-22(14-32)26(36)37)29-25(35)21(11-16-7-3-2-4-8-16)30-24(34)19(27)12-17-13-28-20-10-6-5-9-18(17)20/h2-10,13,15,19,21-22,28,32H,11-12,14,27H2,1H3,(H,29,35)(H,30,34)(H,31,33)(H,36,37). The Balaban J connectivity index is 1.69. The molecule has 196 valence electrons. The molecular weight excluding hydrogens is 478 g/mol. The minimum absolute atomic E-state index is 0.140. The molecule has 3 amide bonds. The molecule has 1 heterocycles. The Labute approximate surface area is 213 Å². The van der Waals surface area contributed by atoms with E-state index in [9.17, 15) is 19.2 Å². The molecule has 11 nitrogen and oxygen atoms in total. The molecule has 4 unspecified atom stereocenters. The zero-order valence-electron chi connectivity index (χ0n) is 20.3. The molecule has 4 atom stereocenters. The lowest BCUT2D eigenvalue weighted by atomic mass is 10.0. The summed E-state index contributed by atoms with van der Waals surface area (Å²) in [6, 6.07) is 12.0. The fraction of sp³-hybridized carbons (Fsp3) is 0.308. The van der Waals surface area contributed by atoms with Crippen molar-refractivity contribution < 1.29 is 29.4 Å². The number of rotatable bonds is 12. The zero-order chi connectivity index (χ0) is 26.9. The van der Waals surface area contributed by atoms with E-state index < -0.39 is 54.5 Å². The number of hydrogen-bond donors (Lipinski definition) is 7. The lowest BCUT2D eigenvalue weighted by molar-refractivity contribution is -0.143. The topological polar surface area (TPSA) is 187 Å². The molecule has 3 aromatic rings. The number of aliphatic hydroxyl groups excluding tert-OH is 1. The molecular formula is C26H31N5O6. The number of fused-ring (bicyclic) bond motifs is 1. The van der Waals surface area contributed by atoms with Crippen LogP contribution in [0.5, 0.6) is 0 Å². The van der Waals surface area contributed by atoms with Gasteiger partial charge >= 0.3 is 5.97 Å². The largest absolute Gasteiger partial charge is 0.480 e. The molecule has 2 aromatic carbocycles. The number of aromatic nitrogens is 1. The molecule has 1 aromatic heterocycles. The van der Waals surface area contributed by atoms with Crippen LogP contribution in [0.2, 0.25) is 0 Å². The molecule has 8 N–H and O–H groups in total. The third kappa shape index (κ3) is 7.38. The van der Waals surface area contributed by atoms with Gasteiger partial charge in [0.1, 0.15) is 18.1 Å². The molecule has 0 fully saturated rings. The predicted octanol–water partition coefficient (Wildman–Crippen LogP) is -0.168. The van der Waals surface area contributed by atoms with Crippen molar-refractivity contribution in [3.63, 3.8) is 0 Å². The number of carboxylic acid groups (broad SMARTS) is 1. The summed E-state index contributed by atoms with van der Waals surface area (Å²) in [4.78, 5) is 52.6. The van der Waals surface area contributed by atoms with Gasteiger partial charge in [0.15, 0.2) is 0 Å². The van der Waals surface area contributed by atoms with Crippen LogP contribution in [-0.2, 0) is 32.0 Å². The number of hydrogen-bond acceptors (Lipinski definition) is 6. The summed E-state index contributed by atoms with van der Waals surface area (Å²) in [5.41, 5.74) is 8.75. The number of benzene rings is 2. The van der Waals surface area contributed by atoms with E-state index in [-0.39, 0.29) is 12.8 Å².